The zero-order valence-electron chi connectivity index (χ0n) is 8.79. The van der Waals surface area contributed by atoms with Crippen molar-refractivity contribution in [2.24, 2.45) is 5.92 Å². The highest BCUT2D eigenvalue weighted by atomic mass is 32.2. The molecule has 0 spiro atoms. The van der Waals surface area contributed by atoms with Crippen LogP contribution in [0.4, 0.5) is 0 Å². The topological polar surface area (TPSA) is 46.2 Å². The van der Waals surface area contributed by atoms with Gasteiger partial charge >= 0.3 is 0 Å². The molecule has 0 aliphatic heterocycles. The van der Waals surface area contributed by atoms with Crippen molar-refractivity contribution in [2.45, 2.75) is 33.2 Å². The predicted molar refractivity (Wildman–Crippen MR) is 56.0 cm³/mol. The number of carbonyl (C=O) groups is 1. The van der Waals surface area contributed by atoms with Gasteiger partial charge in [-0.2, -0.15) is 0 Å². The average Bonchev–Trinajstić information content (AvgIpc) is 1.98. The van der Waals surface area contributed by atoms with E-state index in [1.54, 1.807) is 6.26 Å². The Labute approximate surface area is 82.7 Å². The molecule has 3 nitrogen and oxygen atoms in total. The van der Waals surface area contributed by atoms with Crippen molar-refractivity contribution in [3.63, 3.8) is 0 Å². The number of amides is 1. The van der Waals surface area contributed by atoms with E-state index in [1.165, 1.54) is 0 Å². The number of rotatable bonds is 5. The van der Waals surface area contributed by atoms with Crippen LogP contribution < -0.4 is 5.32 Å². The molecule has 0 aromatic rings. The first-order valence-corrected chi connectivity index (χ1v) is 6.26. The van der Waals surface area contributed by atoms with E-state index in [4.69, 9.17) is 0 Å². The molecule has 0 saturated heterocycles. The van der Waals surface area contributed by atoms with Crippen LogP contribution in [0.3, 0.4) is 0 Å². The minimum absolute atomic E-state index is 0.0358. The highest BCUT2D eigenvalue weighted by molar-refractivity contribution is 7.84. The van der Waals surface area contributed by atoms with Crippen LogP contribution in [-0.4, -0.2) is 28.2 Å². The lowest BCUT2D eigenvalue weighted by Crippen LogP contribution is -2.34. The van der Waals surface area contributed by atoms with Crippen molar-refractivity contribution < 1.29 is 9.00 Å². The van der Waals surface area contributed by atoms with Gasteiger partial charge in [-0.25, -0.2) is 0 Å². The van der Waals surface area contributed by atoms with E-state index < -0.39 is 10.8 Å². The van der Waals surface area contributed by atoms with Gasteiger partial charge in [-0.3, -0.25) is 9.00 Å². The first-order valence-electron chi connectivity index (χ1n) is 4.54. The summed E-state index contributed by atoms with van der Waals surface area (Å²) in [5.74, 6) is 0.624. The quantitative estimate of drug-likeness (QED) is 0.725. The molecule has 0 aliphatic rings. The lowest BCUT2D eigenvalue weighted by molar-refractivity contribution is -0.125. The lowest BCUT2D eigenvalue weighted by Gasteiger charge is -2.13. The Morgan fingerprint density at radius 1 is 1.38 bits per heavy atom. The maximum absolute atomic E-state index is 11.4. The van der Waals surface area contributed by atoms with Gasteiger partial charge in [0.25, 0.3) is 0 Å². The second-order valence-corrected chi connectivity index (χ2v) is 5.18. The first-order chi connectivity index (χ1) is 5.93. The van der Waals surface area contributed by atoms with Gasteiger partial charge in [0.1, 0.15) is 0 Å². The van der Waals surface area contributed by atoms with E-state index in [0.29, 0.717) is 12.2 Å². The minimum Gasteiger partial charge on any atom is -0.354 e. The summed E-state index contributed by atoms with van der Waals surface area (Å²) < 4.78 is 10.8. The molecule has 2 unspecified atom stereocenters. The van der Waals surface area contributed by atoms with Crippen LogP contribution >= 0.6 is 0 Å². The Balaban J connectivity index is 3.76. The Morgan fingerprint density at radius 2 is 1.92 bits per heavy atom. The summed E-state index contributed by atoms with van der Waals surface area (Å²) in [6.45, 7) is 5.73. The van der Waals surface area contributed by atoms with E-state index >= 15 is 0 Å². The molecule has 1 N–H and O–H groups in total. The molecule has 0 aliphatic carbocycles. The van der Waals surface area contributed by atoms with Gasteiger partial charge in [-0.15, -0.1) is 0 Å². The van der Waals surface area contributed by atoms with E-state index in [1.807, 2.05) is 20.8 Å². The molecular formula is C9H19NO2S. The molecule has 0 heterocycles. The fourth-order valence-corrected chi connectivity index (χ4v) is 1.59. The van der Waals surface area contributed by atoms with Crippen molar-refractivity contribution in [2.75, 3.05) is 12.0 Å². The Hall–Kier alpha value is -0.380. The fraction of sp³-hybridized carbons (Fsp3) is 0.889. The molecule has 0 rings (SSSR count). The number of hydrogen-bond acceptors (Lipinski definition) is 2. The normalized spacial score (nSPS) is 15.5. The van der Waals surface area contributed by atoms with Crippen LogP contribution in [0.25, 0.3) is 0 Å². The fourth-order valence-electron chi connectivity index (χ4n) is 0.901. The highest BCUT2D eigenvalue weighted by Crippen LogP contribution is 2.03. The van der Waals surface area contributed by atoms with Crippen LogP contribution in [0.5, 0.6) is 0 Å². The third kappa shape index (κ3) is 6.75. The average molecular weight is 205 g/mol. The van der Waals surface area contributed by atoms with Gasteiger partial charge in [0.15, 0.2) is 0 Å². The van der Waals surface area contributed by atoms with Gasteiger partial charge in [-0.05, 0) is 20.3 Å². The SMILES string of the molecule is CC(C)NC(=O)C(C)CCS(C)=O. The second-order valence-electron chi connectivity index (χ2n) is 3.63. The summed E-state index contributed by atoms with van der Waals surface area (Å²) >= 11 is 0. The van der Waals surface area contributed by atoms with E-state index in [0.717, 1.165) is 0 Å². The monoisotopic (exact) mass is 205 g/mol. The van der Waals surface area contributed by atoms with Crippen molar-refractivity contribution in [1.82, 2.24) is 5.32 Å². The Kier molecular flexibility index (Phi) is 5.95. The van der Waals surface area contributed by atoms with Crippen LogP contribution in [0, 0.1) is 5.92 Å². The van der Waals surface area contributed by atoms with Gasteiger partial charge in [0.05, 0.1) is 0 Å². The van der Waals surface area contributed by atoms with E-state index in [-0.39, 0.29) is 17.9 Å². The van der Waals surface area contributed by atoms with Gasteiger partial charge < -0.3 is 5.32 Å². The molecule has 0 saturated carbocycles. The highest BCUT2D eigenvalue weighted by Gasteiger charge is 2.13. The molecule has 0 aromatic heterocycles. The summed E-state index contributed by atoms with van der Waals surface area (Å²) in [4.78, 5) is 11.4. The second kappa shape index (κ2) is 6.13. The summed E-state index contributed by atoms with van der Waals surface area (Å²) in [5, 5.41) is 2.83. The van der Waals surface area contributed by atoms with Crippen molar-refractivity contribution in [1.29, 1.82) is 0 Å². The third-order valence-electron chi connectivity index (χ3n) is 1.72. The van der Waals surface area contributed by atoms with Crippen LogP contribution in [-0.2, 0) is 15.6 Å². The molecule has 78 valence electrons. The maximum atomic E-state index is 11.4. The first kappa shape index (κ1) is 12.6. The molecule has 13 heavy (non-hydrogen) atoms. The van der Waals surface area contributed by atoms with Gasteiger partial charge in [-0.1, -0.05) is 6.92 Å². The molecule has 1 amide bonds. The third-order valence-corrected chi connectivity index (χ3v) is 2.53. The van der Waals surface area contributed by atoms with E-state index in [9.17, 15) is 9.00 Å². The van der Waals surface area contributed by atoms with Crippen LogP contribution in [0.1, 0.15) is 27.2 Å². The smallest absolute Gasteiger partial charge is 0.223 e. The number of hydrogen-bond donors (Lipinski definition) is 1. The predicted octanol–water partition coefficient (Wildman–Crippen LogP) is 0.916. The summed E-state index contributed by atoms with van der Waals surface area (Å²) in [5.41, 5.74) is 0. The molecule has 0 aromatic carbocycles. The lowest BCUT2D eigenvalue weighted by atomic mass is 10.1. The minimum atomic E-state index is -0.795. The molecule has 0 bridgehead atoms. The zero-order valence-corrected chi connectivity index (χ0v) is 9.61. The molecule has 0 fully saturated rings. The number of carbonyl (C=O) groups excluding carboxylic acids is 1. The zero-order chi connectivity index (χ0) is 10.4. The molecule has 2 atom stereocenters. The molecule has 0 radical (unpaired) electrons. The standard InChI is InChI=1S/C9H19NO2S/c1-7(2)10-9(11)8(3)5-6-13(4)12/h7-8H,5-6H2,1-4H3,(H,10,11). The Morgan fingerprint density at radius 3 is 2.31 bits per heavy atom. The van der Waals surface area contributed by atoms with Crippen molar-refractivity contribution >= 4 is 16.7 Å². The van der Waals surface area contributed by atoms with Crippen LogP contribution in [0.15, 0.2) is 0 Å². The van der Waals surface area contributed by atoms with Crippen molar-refractivity contribution in [3.8, 4) is 0 Å². The maximum Gasteiger partial charge on any atom is 0.223 e. The summed E-state index contributed by atoms with van der Waals surface area (Å²) in [6, 6.07) is 0.182. The summed E-state index contributed by atoms with van der Waals surface area (Å²) in [6.07, 6.45) is 2.36. The number of nitrogens with one attached hydrogen (secondary N) is 1. The Bertz CT molecular complexity index is 192. The van der Waals surface area contributed by atoms with Crippen molar-refractivity contribution in [3.05, 3.63) is 0 Å². The van der Waals surface area contributed by atoms with Gasteiger partial charge in [0, 0.05) is 34.8 Å². The largest absolute Gasteiger partial charge is 0.354 e. The molecular weight excluding hydrogens is 186 g/mol. The van der Waals surface area contributed by atoms with Crippen LogP contribution in [0.2, 0.25) is 0 Å². The van der Waals surface area contributed by atoms with Gasteiger partial charge in [0.2, 0.25) is 5.91 Å². The molecule has 4 heteroatoms. The van der Waals surface area contributed by atoms with E-state index in [2.05, 4.69) is 5.32 Å². The summed E-state index contributed by atoms with van der Waals surface area (Å²) in [7, 11) is -0.795.